The summed E-state index contributed by atoms with van der Waals surface area (Å²) in [5.74, 6) is -1.13. The quantitative estimate of drug-likeness (QED) is 0.668. The van der Waals surface area contributed by atoms with E-state index in [2.05, 4.69) is 4.98 Å². The number of esters is 1. The number of aromatic nitrogens is 1. The van der Waals surface area contributed by atoms with Crippen molar-refractivity contribution >= 4 is 11.8 Å². The molecule has 0 bridgehead atoms. The number of carbonyl (C=O) groups excluding carboxylic acids is 2. The molecule has 2 rings (SSSR count). The van der Waals surface area contributed by atoms with Gasteiger partial charge in [-0.2, -0.15) is 0 Å². The van der Waals surface area contributed by atoms with Gasteiger partial charge in [-0.05, 0) is 6.07 Å². The van der Waals surface area contributed by atoms with Gasteiger partial charge in [-0.25, -0.2) is 4.79 Å². The number of Topliss-reactive ketones (excluding diaryl/α,β-unsaturated/α-hetero) is 1. The van der Waals surface area contributed by atoms with Crippen LogP contribution in [-0.4, -0.2) is 28.4 Å². The SMILES string of the molecule is O=C(COC(=O)c1cncc(O)c1)c1ccccc1. The molecule has 1 heterocycles. The van der Waals surface area contributed by atoms with Crippen LogP contribution in [0.3, 0.4) is 0 Å². The van der Waals surface area contributed by atoms with Crippen LogP contribution in [0.1, 0.15) is 20.7 Å². The lowest BCUT2D eigenvalue weighted by Crippen LogP contribution is -2.14. The molecule has 1 aromatic heterocycles. The minimum absolute atomic E-state index is 0.0980. The lowest BCUT2D eigenvalue weighted by atomic mass is 10.1. The maximum absolute atomic E-state index is 11.7. The zero-order chi connectivity index (χ0) is 13.7. The van der Waals surface area contributed by atoms with E-state index in [0.717, 1.165) is 0 Å². The molecule has 0 amide bonds. The van der Waals surface area contributed by atoms with Crippen molar-refractivity contribution in [2.45, 2.75) is 0 Å². The zero-order valence-electron chi connectivity index (χ0n) is 9.95. The Morgan fingerprint density at radius 3 is 2.53 bits per heavy atom. The molecule has 19 heavy (non-hydrogen) atoms. The van der Waals surface area contributed by atoms with Gasteiger partial charge in [-0.3, -0.25) is 9.78 Å². The fourth-order valence-electron chi connectivity index (χ4n) is 1.46. The fourth-order valence-corrected chi connectivity index (χ4v) is 1.46. The van der Waals surface area contributed by atoms with E-state index in [1.54, 1.807) is 30.3 Å². The van der Waals surface area contributed by atoms with Gasteiger partial charge in [-0.15, -0.1) is 0 Å². The maximum Gasteiger partial charge on any atom is 0.340 e. The van der Waals surface area contributed by atoms with Crippen LogP contribution in [-0.2, 0) is 4.74 Å². The molecule has 0 saturated carbocycles. The van der Waals surface area contributed by atoms with Gasteiger partial charge in [0.15, 0.2) is 12.4 Å². The molecule has 0 spiro atoms. The number of hydrogen-bond acceptors (Lipinski definition) is 5. The molecule has 1 N–H and O–H groups in total. The lowest BCUT2D eigenvalue weighted by molar-refractivity contribution is 0.0474. The molecule has 5 nitrogen and oxygen atoms in total. The average Bonchev–Trinajstić information content (AvgIpc) is 2.45. The Bertz CT molecular complexity index is 595. The van der Waals surface area contributed by atoms with Gasteiger partial charge in [0.05, 0.1) is 11.8 Å². The number of ether oxygens (including phenoxy) is 1. The van der Waals surface area contributed by atoms with E-state index in [1.807, 2.05) is 0 Å². The summed E-state index contributed by atoms with van der Waals surface area (Å²) in [6.45, 7) is -0.349. The summed E-state index contributed by atoms with van der Waals surface area (Å²) in [6.07, 6.45) is 2.46. The summed E-state index contributed by atoms with van der Waals surface area (Å²) < 4.78 is 4.86. The molecule has 0 aliphatic heterocycles. The standard InChI is InChI=1S/C14H11NO4/c16-12-6-11(7-15-8-12)14(18)19-9-13(17)10-4-2-1-3-5-10/h1-8,16H,9H2. The normalized spacial score (nSPS) is 9.89. The third-order valence-corrected chi connectivity index (χ3v) is 2.39. The smallest absolute Gasteiger partial charge is 0.340 e. The molecular formula is C14H11NO4. The summed E-state index contributed by atoms with van der Waals surface area (Å²) in [6, 6.07) is 9.77. The van der Waals surface area contributed by atoms with E-state index in [-0.39, 0.29) is 23.7 Å². The first-order valence-electron chi connectivity index (χ1n) is 5.56. The molecule has 0 fully saturated rings. The van der Waals surface area contributed by atoms with Crippen molar-refractivity contribution in [1.29, 1.82) is 0 Å². The van der Waals surface area contributed by atoms with E-state index in [9.17, 15) is 14.7 Å². The molecule has 2 aromatic rings. The average molecular weight is 257 g/mol. The second kappa shape index (κ2) is 5.77. The van der Waals surface area contributed by atoms with Crippen LogP contribution in [0.4, 0.5) is 0 Å². The largest absolute Gasteiger partial charge is 0.506 e. The second-order valence-electron chi connectivity index (χ2n) is 3.80. The second-order valence-corrected chi connectivity index (χ2v) is 3.80. The van der Waals surface area contributed by atoms with Gasteiger partial charge < -0.3 is 9.84 Å². The van der Waals surface area contributed by atoms with Crippen LogP contribution in [0.25, 0.3) is 0 Å². The molecule has 0 aliphatic carbocycles. The Balaban J connectivity index is 1.96. The fraction of sp³-hybridized carbons (Fsp3) is 0.0714. The zero-order valence-corrected chi connectivity index (χ0v) is 9.95. The highest BCUT2D eigenvalue weighted by Crippen LogP contribution is 2.10. The van der Waals surface area contributed by atoms with Gasteiger partial charge in [0, 0.05) is 11.8 Å². The number of ketones is 1. The van der Waals surface area contributed by atoms with Crippen molar-refractivity contribution in [2.24, 2.45) is 0 Å². The number of pyridine rings is 1. The first-order valence-corrected chi connectivity index (χ1v) is 5.56. The molecule has 0 unspecified atom stereocenters. The number of nitrogens with zero attached hydrogens (tertiary/aromatic N) is 1. The first-order chi connectivity index (χ1) is 9.16. The Kier molecular flexibility index (Phi) is 3.87. The molecular weight excluding hydrogens is 246 g/mol. The van der Waals surface area contributed by atoms with Gasteiger partial charge in [0.1, 0.15) is 5.75 Å². The summed E-state index contributed by atoms with van der Waals surface area (Å²) in [7, 11) is 0. The van der Waals surface area contributed by atoms with Crippen LogP contribution in [0.5, 0.6) is 5.75 Å². The van der Waals surface area contributed by atoms with E-state index >= 15 is 0 Å². The highest BCUT2D eigenvalue weighted by Gasteiger charge is 2.12. The van der Waals surface area contributed by atoms with E-state index in [1.165, 1.54) is 18.5 Å². The van der Waals surface area contributed by atoms with Crippen molar-refractivity contribution in [1.82, 2.24) is 4.98 Å². The van der Waals surface area contributed by atoms with Crippen molar-refractivity contribution in [3.05, 3.63) is 59.9 Å². The minimum atomic E-state index is -0.701. The predicted octanol–water partition coefficient (Wildman–Crippen LogP) is 1.83. The monoisotopic (exact) mass is 257 g/mol. The third-order valence-electron chi connectivity index (χ3n) is 2.39. The number of aromatic hydroxyl groups is 1. The topological polar surface area (TPSA) is 76.5 Å². The van der Waals surface area contributed by atoms with Crippen molar-refractivity contribution in [2.75, 3.05) is 6.61 Å². The van der Waals surface area contributed by atoms with Crippen molar-refractivity contribution in [3.63, 3.8) is 0 Å². The number of carbonyl (C=O) groups is 2. The number of benzene rings is 1. The lowest BCUT2D eigenvalue weighted by Gasteiger charge is -2.04. The van der Waals surface area contributed by atoms with Crippen LogP contribution < -0.4 is 0 Å². The maximum atomic E-state index is 11.7. The minimum Gasteiger partial charge on any atom is -0.506 e. The number of rotatable bonds is 4. The van der Waals surface area contributed by atoms with Crippen molar-refractivity contribution in [3.8, 4) is 5.75 Å². The summed E-state index contributed by atoms with van der Waals surface area (Å²) in [5, 5.41) is 9.18. The van der Waals surface area contributed by atoms with Crippen LogP contribution >= 0.6 is 0 Å². The van der Waals surface area contributed by atoms with Crippen LogP contribution in [0.2, 0.25) is 0 Å². The molecule has 0 saturated heterocycles. The molecule has 96 valence electrons. The van der Waals surface area contributed by atoms with Crippen LogP contribution in [0.15, 0.2) is 48.8 Å². The van der Waals surface area contributed by atoms with E-state index in [4.69, 9.17) is 4.74 Å². The summed E-state index contributed by atoms with van der Waals surface area (Å²) in [4.78, 5) is 27.0. The molecule has 0 aliphatic rings. The van der Waals surface area contributed by atoms with Gasteiger partial charge in [-0.1, -0.05) is 30.3 Å². The third kappa shape index (κ3) is 3.38. The Hall–Kier alpha value is -2.69. The van der Waals surface area contributed by atoms with Gasteiger partial charge in [0.25, 0.3) is 0 Å². The van der Waals surface area contributed by atoms with E-state index < -0.39 is 5.97 Å². The highest BCUT2D eigenvalue weighted by atomic mass is 16.5. The van der Waals surface area contributed by atoms with Crippen LogP contribution in [0, 0.1) is 0 Å². The highest BCUT2D eigenvalue weighted by molar-refractivity contribution is 5.99. The van der Waals surface area contributed by atoms with E-state index in [0.29, 0.717) is 5.56 Å². The Morgan fingerprint density at radius 2 is 1.84 bits per heavy atom. The van der Waals surface area contributed by atoms with Crippen molar-refractivity contribution < 1.29 is 19.4 Å². The molecule has 0 atom stereocenters. The predicted molar refractivity (Wildman–Crippen MR) is 67.0 cm³/mol. The molecule has 5 heteroatoms. The number of hydrogen-bond donors (Lipinski definition) is 1. The summed E-state index contributed by atoms with van der Waals surface area (Å²) in [5.41, 5.74) is 0.574. The van der Waals surface area contributed by atoms with Gasteiger partial charge >= 0.3 is 5.97 Å². The molecule has 0 radical (unpaired) electrons. The Labute approximate surface area is 109 Å². The first kappa shape index (κ1) is 12.8. The molecule has 1 aromatic carbocycles. The summed E-state index contributed by atoms with van der Waals surface area (Å²) >= 11 is 0. The Morgan fingerprint density at radius 1 is 1.11 bits per heavy atom. The van der Waals surface area contributed by atoms with Gasteiger partial charge in [0.2, 0.25) is 0 Å².